The number of amides is 2. The zero-order valence-corrected chi connectivity index (χ0v) is 18.4. The summed E-state index contributed by atoms with van der Waals surface area (Å²) in [7, 11) is 0. The molecular weight excluding hydrogens is 404 g/mol. The fourth-order valence-electron chi connectivity index (χ4n) is 3.65. The molecule has 0 saturated heterocycles. The molecule has 164 valence electrons. The van der Waals surface area contributed by atoms with E-state index in [1.54, 1.807) is 6.20 Å². The third-order valence-corrected chi connectivity index (χ3v) is 5.29. The molecule has 0 fully saturated rings. The second kappa shape index (κ2) is 9.15. The van der Waals surface area contributed by atoms with Crippen molar-refractivity contribution in [1.82, 2.24) is 25.1 Å². The molecule has 1 atom stereocenters. The number of nitrogens with two attached hydrogens (primary N) is 1. The largest absolute Gasteiger partial charge is 0.360 e. The maximum Gasteiger partial charge on any atom is 0.312 e. The highest BCUT2D eigenvalue weighted by molar-refractivity contribution is 5.94. The molecule has 0 aliphatic heterocycles. The van der Waals surface area contributed by atoms with Crippen LogP contribution < -0.4 is 11.1 Å². The van der Waals surface area contributed by atoms with Crippen LogP contribution in [0.4, 0.5) is 4.79 Å². The quantitative estimate of drug-likeness (QED) is 0.457. The summed E-state index contributed by atoms with van der Waals surface area (Å²) in [4.78, 5) is 20.1. The minimum Gasteiger partial charge on any atom is -0.360 e. The molecule has 8 nitrogen and oxygen atoms in total. The number of hydrogen-bond acceptors (Lipinski definition) is 5. The van der Waals surface area contributed by atoms with Crippen LogP contribution in [-0.4, -0.2) is 32.4 Å². The minimum atomic E-state index is -0.545. The van der Waals surface area contributed by atoms with Crippen LogP contribution in [-0.2, 0) is 11.5 Å². The molecule has 0 bridgehead atoms. The Labute approximate surface area is 186 Å². The van der Waals surface area contributed by atoms with Crippen LogP contribution in [0.1, 0.15) is 31.1 Å². The molecule has 3 aromatic heterocycles. The highest BCUT2D eigenvalue weighted by atomic mass is 16.5. The van der Waals surface area contributed by atoms with Gasteiger partial charge in [0.2, 0.25) is 0 Å². The van der Waals surface area contributed by atoms with Gasteiger partial charge in [0.25, 0.3) is 0 Å². The summed E-state index contributed by atoms with van der Waals surface area (Å²) in [6.45, 7) is 6.76. The lowest BCUT2D eigenvalue weighted by Gasteiger charge is -2.13. The van der Waals surface area contributed by atoms with Crippen molar-refractivity contribution in [3.63, 3.8) is 0 Å². The van der Waals surface area contributed by atoms with Crippen molar-refractivity contribution in [1.29, 1.82) is 0 Å². The fraction of sp³-hybridized carbons (Fsp3) is 0.250. The molecule has 8 heteroatoms. The number of carbonyl (C=O) groups is 1. The van der Waals surface area contributed by atoms with Crippen molar-refractivity contribution in [2.45, 2.75) is 33.5 Å². The molecule has 32 heavy (non-hydrogen) atoms. The standard InChI is InChI=1S/C24H26N6O2/c1-4-32-14-30-22-12-21(18-7-5-17(6-8-18)16(3)28-24(25)31)27-13-20(22)23(29-30)19-9-10-26-15(2)11-19/h5-13,16H,4,14H2,1-3H3,(H3,25,28,31)/t16-/m1/s1. The number of nitrogens with zero attached hydrogens (tertiary/aromatic N) is 4. The van der Waals surface area contributed by atoms with Crippen molar-refractivity contribution >= 4 is 16.9 Å². The van der Waals surface area contributed by atoms with Gasteiger partial charge in [-0.1, -0.05) is 24.3 Å². The number of primary amides is 1. The van der Waals surface area contributed by atoms with Crippen molar-refractivity contribution in [3.8, 4) is 22.5 Å². The summed E-state index contributed by atoms with van der Waals surface area (Å²) in [6, 6.07) is 13.2. The van der Waals surface area contributed by atoms with Gasteiger partial charge >= 0.3 is 6.03 Å². The molecule has 2 amide bonds. The Morgan fingerprint density at radius 1 is 1.16 bits per heavy atom. The molecule has 0 aliphatic carbocycles. The predicted octanol–water partition coefficient (Wildman–Crippen LogP) is 4.19. The lowest BCUT2D eigenvalue weighted by Crippen LogP contribution is -2.31. The first-order valence-corrected chi connectivity index (χ1v) is 10.5. The number of hydrogen-bond donors (Lipinski definition) is 2. The topological polar surface area (TPSA) is 108 Å². The number of ether oxygens (including phenoxy) is 1. The molecule has 0 radical (unpaired) electrons. The third-order valence-electron chi connectivity index (χ3n) is 5.29. The van der Waals surface area contributed by atoms with E-state index in [0.29, 0.717) is 13.3 Å². The Balaban J connectivity index is 1.73. The summed E-state index contributed by atoms with van der Waals surface area (Å²) in [5.41, 5.74) is 11.7. The highest BCUT2D eigenvalue weighted by Crippen LogP contribution is 2.30. The molecule has 3 heterocycles. The maximum atomic E-state index is 11.1. The lowest BCUT2D eigenvalue weighted by molar-refractivity contribution is 0.0825. The van der Waals surface area contributed by atoms with E-state index in [1.165, 1.54) is 0 Å². The zero-order valence-electron chi connectivity index (χ0n) is 18.4. The summed E-state index contributed by atoms with van der Waals surface area (Å²) < 4.78 is 7.51. The normalized spacial score (nSPS) is 12.1. The Hall–Kier alpha value is -3.78. The van der Waals surface area contributed by atoms with E-state index in [1.807, 2.05) is 74.1 Å². The van der Waals surface area contributed by atoms with E-state index in [-0.39, 0.29) is 6.04 Å². The van der Waals surface area contributed by atoms with Crippen LogP contribution in [0.5, 0.6) is 0 Å². The number of aryl methyl sites for hydroxylation is 1. The average Bonchev–Trinajstić information content (AvgIpc) is 3.15. The van der Waals surface area contributed by atoms with Gasteiger partial charge in [-0.05, 0) is 44.5 Å². The van der Waals surface area contributed by atoms with E-state index in [9.17, 15) is 4.79 Å². The molecule has 0 unspecified atom stereocenters. The van der Waals surface area contributed by atoms with Gasteiger partial charge in [-0.3, -0.25) is 9.97 Å². The van der Waals surface area contributed by atoms with Gasteiger partial charge in [0.15, 0.2) is 0 Å². The first-order valence-electron chi connectivity index (χ1n) is 10.5. The van der Waals surface area contributed by atoms with Crippen molar-refractivity contribution < 1.29 is 9.53 Å². The van der Waals surface area contributed by atoms with E-state index in [0.717, 1.165) is 44.7 Å². The molecule has 4 rings (SSSR count). The molecule has 0 aliphatic rings. The smallest absolute Gasteiger partial charge is 0.312 e. The molecule has 4 aromatic rings. The number of nitrogens with one attached hydrogen (secondary N) is 1. The number of benzene rings is 1. The zero-order chi connectivity index (χ0) is 22.7. The molecule has 1 aromatic carbocycles. The van der Waals surface area contributed by atoms with E-state index >= 15 is 0 Å². The van der Waals surface area contributed by atoms with Gasteiger partial charge in [-0.2, -0.15) is 5.10 Å². The Morgan fingerprint density at radius 3 is 2.62 bits per heavy atom. The van der Waals surface area contributed by atoms with Crippen LogP contribution in [0.25, 0.3) is 33.4 Å². The summed E-state index contributed by atoms with van der Waals surface area (Å²) in [6.07, 6.45) is 3.64. The van der Waals surface area contributed by atoms with Crippen LogP contribution in [0.15, 0.2) is 54.9 Å². The average molecular weight is 431 g/mol. The molecule has 0 saturated carbocycles. The number of carbonyl (C=O) groups excluding carboxylic acids is 1. The van der Waals surface area contributed by atoms with Gasteiger partial charge in [0.1, 0.15) is 12.4 Å². The first kappa shape index (κ1) is 21.5. The highest BCUT2D eigenvalue weighted by Gasteiger charge is 2.15. The van der Waals surface area contributed by atoms with Gasteiger partial charge < -0.3 is 15.8 Å². The van der Waals surface area contributed by atoms with Crippen molar-refractivity contribution in [2.24, 2.45) is 5.73 Å². The Kier molecular flexibility index (Phi) is 6.13. The monoisotopic (exact) mass is 430 g/mol. The second-order valence-electron chi connectivity index (χ2n) is 7.59. The van der Waals surface area contributed by atoms with Gasteiger partial charge in [-0.25, -0.2) is 9.48 Å². The fourth-order valence-corrected chi connectivity index (χ4v) is 3.65. The summed E-state index contributed by atoms with van der Waals surface area (Å²) in [5, 5.41) is 8.45. The second-order valence-corrected chi connectivity index (χ2v) is 7.59. The lowest BCUT2D eigenvalue weighted by atomic mass is 10.0. The van der Waals surface area contributed by atoms with Gasteiger partial charge in [0.05, 0.1) is 17.3 Å². The SMILES string of the molecule is CCOCn1nc(-c2ccnc(C)c2)c2cnc(-c3ccc([C@@H](C)NC(N)=O)cc3)cc21. The van der Waals surface area contributed by atoms with Crippen LogP contribution >= 0.6 is 0 Å². The predicted molar refractivity (Wildman–Crippen MR) is 124 cm³/mol. The Bertz CT molecular complexity index is 1250. The van der Waals surface area contributed by atoms with Crippen LogP contribution in [0.2, 0.25) is 0 Å². The maximum absolute atomic E-state index is 11.1. The number of aromatic nitrogens is 4. The first-order chi connectivity index (χ1) is 15.5. The van der Waals surface area contributed by atoms with E-state index in [2.05, 4.69) is 10.3 Å². The van der Waals surface area contributed by atoms with Crippen LogP contribution in [0.3, 0.4) is 0 Å². The minimum absolute atomic E-state index is 0.170. The molecule has 0 spiro atoms. The van der Waals surface area contributed by atoms with Gasteiger partial charge in [-0.15, -0.1) is 0 Å². The van der Waals surface area contributed by atoms with Crippen molar-refractivity contribution in [3.05, 3.63) is 66.1 Å². The summed E-state index contributed by atoms with van der Waals surface area (Å²) >= 11 is 0. The number of pyridine rings is 2. The molecule has 3 N–H and O–H groups in total. The van der Waals surface area contributed by atoms with Gasteiger partial charge in [0, 0.05) is 41.2 Å². The van der Waals surface area contributed by atoms with Crippen LogP contribution in [0, 0.1) is 6.92 Å². The number of fused-ring (bicyclic) bond motifs is 1. The van der Waals surface area contributed by atoms with Crippen molar-refractivity contribution in [2.75, 3.05) is 6.61 Å². The Morgan fingerprint density at radius 2 is 1.94 bits per heavy atom. The van der Waals surface area contributed by atoms with E-state index in [4.69, 9.17) is 20.6 Å². The number of rotatable bonds is 7. The third kappa shape index (κ3) is 4.45. The number of urea groups is 1. The molecular formula is C24H26N6O2. The van der Waals surface area contributed by atoms with E-state index < -0.39 is 6.03 Å². The summed E-state index contributed by atoms with van der Waals surface area (Å²) in [5.74, 6) is 0.